The molecule has 0 aliphatic rings. The van der Waals surface area contributed by atoms with Crippen LogP contribution in [0.1, 0.15) is 11.3 Å². The van der Waals surface area contributed by atoms with Crippen LogP contribution in [0.4, 0.5) is 0 Å². The van der Waals surface area contributed by atoms with Crippen LogP contribution >= 0.6 is 0 Å². The number of ether oxygens (including phenoxy) is 1. The Bertz CT molecular complexity index is 514. The van der Waals surface area contributed by atoms with E-state index in [1.54, 1.807) is 6.92 Å². The highest BCUT2D eigenvalue weighted by Gasteiger charge is 2.05. The van der Waals surface area contributed by atoms with Crippen LogP contribution in [-0.2, 0) is 6.61 Å². The molecule has 16 heavy (non-hydrogen) atoms. The molecule has 82 valence electrons. The molecule has 1 heterocycles. The van der Waals surface area contributed by atoms with Crippen molar-refractivity contribution < 1.29 is 9.15 Å². The van der Waals surface area contributed by atoms with Gasteiger partial charge in [-0.3, -0.25) is 4.79 Å². The second kappa shape index (κ2) is 4.66. The summed E-state index contributed by atoms with van der Waals surface area (Å²) in [6.07, 6.45) is 1.39. The fraction of sp³-hybridized carbons (Fsp3) is 0.154. The van der Waals surface area contributed by atoms with Gasteiger partial charge in [-0.1, -0.05) is 18.2 Å². The third kappa shape index (κ3) is 2.31. The smallest absolute Gasteiger partial charge is 0.191 e. The van der Waals surface area contributed by atoms with E-state index in [0.717, 1.165) is 5.75 Å². The second-order valence-electron chi connectivity index (χ2n) is 3.42. The van der Waals surface area contributed by atoms with Crippen LogP contribution in [0.2, 0.25) is 0 Å². The Labute approximate surface area is 93.3 Å². The van der Waals surface area contributed by atoms with E-state index in [-0.39, 0.29) is 12.0 Å². The highest BCUT2D eigenvalue weighted by Crippen LogP contribution is 2.11. The number of aryl methyl sites for hydroxylation is 1. The van der Waals surface area contributed by atoms with E-state index in [1.807, 2.05) is 30.3 Å². The molecular formula is C13H12O3. The molecule has 3 heteroatoms. The van der Waals surface area contributed by atoms with Crippen molar-refractivity contribution in [2.45, 2.75) is 13.5 Å². The van der Waals surface area contributed by atoms with Crippen molar-refractivity contribution >= 4 is 0 Å². The van der Waals surface area contributed by atoms with Gasteiger partial charge in [-0.2, -0.15) is 0 Å². The average Bonchev–Trinajstić information content (AvgIpc) is 2.30. The Morgan fingerprint density at radius 1 is 1.19 bits per heavy atom. The van der Waals surface area contributed by atoms with Crippen molar-refractivity contribution in [1.29, 1.82) is 0 Å². The lowest BCUT2D eigenvalue weighted by molar-refractivity contribution is 0.298. The van der Waals surface area contributed by atoms with Gasteiger partial charge in [-0.15, -0.1) is 0 Å². The Hall–Kier alpha value is -2.03. The lowest BCUT2D eigenvalue weighted by Crippen LogP contribution is -2.11. The van der Waals surface area contributed by atoms with Crippen LogP contribution in [0, 0.1) is 6.92 Å². The molecule has 0 aliphatic carbocycles. The standard InChI is InChI=1S/C13H12O3/c1-10-12(13(14)7-8-15-10)9-16-11-5-3-2-4-6-11/h2-8H,9H2,1H3. The van der Waals surface area contributed by atoms with E-state index in [9.17, 15) is 4.79 Å². The predicted molar refractivity (Wildman–Crippen MR) is 60.5 cm³/mol. The summed E-state index contributed by atoms with van der Waals surface area (Å²) in [4.78, 5) is 11.5. The first-order valence-corrected chi connectivity index (χ1v) is 5.02. The minimum atomic E-state index is -0.0559. The Morgan fingerprint density at radius 2 is 1.94 bits per heavy atom. The van der Waals surface area contributed by atoms with Crippen LogP contribution in [-0.4, -0.2) is 0 Å². The molecule has 0 radical (unpaired) electrons. The van der Waals surface area contributed by atoms with E-state index in [4.69, 9.17) is 9.15 Å². The number of rotatable bonds is 3. The molecule has 0 spiro atoms. The van der Waals surface area contributed by atoms with Gasteiger partial charge in [0.05, 0.1) is 11.8 Å². The van der Waals surface area contributed by atoms with E-state index in [0.29, 0.717) is 11.3 Å². The van der Waals surface area contributed by atoms with Crippen molar-refractivity contribution in [3.8, 4) is 5.75 Å². The Morgan fingerprint density at radius 3 is 2.62 bits per heavy atom. The first-order chi connectivity index (χ1) is 7.77. The van der Waals surface area contributed by atoms with Crippen LogP contribution in [0.5, 0.6) is 5.75 Å². The Kier molecular flexibility index (Phi) is 3.05. The van der Waals surface area contributed by atoms with Gasteiger partial charge in [0.1, 0.15) is 18.1 Å². The fourth-order valence-corrected chi connectivity index (χ4v) is 1.39. The summed E-state index contributed by atoms with van der Waals surface area (Å²) in [5.74, 6) is 1.34. The monoisotopic (exact) mass is 216 g/mol. The highest BCUT2D eigenvalue weighted by molar-refractivity contribution is 5.22. The van der Waals surface area contributed by atoms with Crippen LogP contribution in [0.25, 0.3) is 0 Å². The summed E-state index contributed by atoms with van der Waals surface area (Å²) in [7, 11) is 0. The maximum Gasteiger partial charge on any atom is 0.191 e. The third-order valence-electron chi connectivity index (χ3n) is 2.31. The SMILES string of the molecule is Cc1occc(=O)c1COc1ccccc1. The quantitative estimate of drug-likeness (QED) is 0.791. The summed E-state index contributed by atoms with van der Waals surface area (Å²) >= 11 is 0. The summed E-state index contributed by atoms with van der Waals surface area (Å²) in [6.45, 7) is 1.99. The first-order valence-electron chi connectivity index (χ1n) is 5.02. The van der Waals surface area contributed by atoms with Crippen LogP contribution in [0.3, 0.4) is 0 Å². The maximum atomic E-state index is 11.5. The van der Waals surface area contributed by atoms with Gasteiger partial charge < -0.3 is 9.15 Å². The van der Waals surface area contributed by atoms with Gasteiger partial charge >= 0.3 is 0 Å². The minimum absolute atomic E-state index is 0.0559. The van der Waals surface area contributed by atoms with Crippen molar-refractivity contribution in [2.75, 3.05) is 0 Å². The molecular weight excluding hydrogens is 204 g/mol. The zero-order valence-electron chi connectivity index (χ0n) is 8.97. The van der Waals surface area contributed by atoms with E-state index < -0.39 is 0 Å². The lowest BCUT2D eigenvalue weighted by Gasteiger charge is -2.06. The zero-order valence-corrected chi connectivity index (χ0v) is 8.97. The highest BCUT2D eigenvalue weighted by atomic mass is 16.5. The predicted octanol–water partition coefficient (Wildman–Crippen LogP) is 2.53. The van der Waals surface area contributed by atoms with Crippen molar-refractivity contribution in [3.05, 3.63) is 64.2 Å². The van der Waals surface area contributed by atoms with Crippen molar-refractivity contribution in [2.24, 2.45) is 0 Å². The number of para-hydroxylation sites is 1. The van der Waals surface area contributed by atoms with E-state index >= 15 is 0 Å². The number of hydrogen-bond acceptors (Lipinski definition) is 3. The molecule has 0 saturated carbocycles. The maximum absolute atomic E-state index is 11.5. The normalized spacial score (nSPS) is 10.1. The molecule has 0 aliphatic heterocycles. The number of benzene rings is 1. The molecule has 3 nitrogen and oxygen atoms in total. The van der Waals surface area contributed by atoms with Gasteiger partial charge in [-0.05, 0) is 19.1 Å². The second-order valence-corrected chi connectivity index (χ2v) is 3.42. The Balaban J connectivity index is 2.14. The molecule has 0 saturated heterocycles. The van der Waals surface area contributed by atoms with Gasteiger partial charge in [-0.25, -0.2) is 0 Å². The summed E-state index contributed by atoms with van der Waals surface area (Å²) in [5.41, 5.74) is 0.506. The first kappa shape index (κ1) is 10.5. The molecule has 2 rings (SSSR count). The molecule has 0 bridgehead atoms. The molecule has 0 N–H and O–H groups in total. The van der Waals surface area contributed by atoms with Crippen LogP contribution in [0.15, 0.2) is 51.9 Å². The topological polar surface area (TPSA) is 39.4 Å². The summed E-state index contributed by atoms with van der Waals surface area (Å²) in [6, 6.07) is 10.8. The van der Waals surface area contributed by atoms with Gasteiger partial charge in [0.15, 0.2) is 5.43 Å². The average molecular weight is 216 g/mol. The zero-order chi connectivity index (χ0) is 11.4. The minimum Gasteiger partial charge on any atom is -0.489 e. The van der Waals surface area contributed by atoms with Gasteiger partial charge in [0, 0.05) is 6.07 Å². The summed E-state index contributed by atoms with van der Waals surface area (Å²) in [5, 5.41) is 0. The van der Waals surface area contributed by atoms with E-state index in [1.165, 1.54) is 12.3 Å². The molecule has 0 atom stereocenters. The third-order valence-corrected chi connectivity index (χ3v) is 2.31. The van der Waals surface area contributed by atoms with E-state index in [2.05, 4.69) is 0 Å². The van der Waals surface area contributed by atoms with Crippen molar-refractivity contribution in [1.82, 2.24) is 0 Å². The molecule has 0 unspecified atom stereocenters. The van der Waals surface area contributed by atoms with Crippen molar-refractivity contribution in [3.63, 3.8) is 0 Å². The number of hydrogen-bond donors (Lipinski definition) is 0. The molecule has 0 fully saturated rings. The summed E-state index contributed by atoms with van der Waals surface area (Å²) < 4.78 is 10.6. The fourth-order valence-electron chi connectivity index (χ4n) is 1.39. The van der Waals surface area contributed by atoms with Gasteiger partial charge in [0.2, 0.25) is 0 Å². The lowest BCUT2D eigenvalue weighted by atomic mass is 10.2. The van der Waals surface area contributed by atoms with Crippen LogP contribution < -0.4 is 10.2 Å². The molecule has 1 aromatic heterocycles. The molecule has 1 aromatic carbocycles. The molecule has 0 amide bonds. The molecule has 2 aromatic rings. The van der Waals surface area contributed by atoms with Gasteiger partial charge in [0.25, 0.3) is 0 Å². The largest absolute Gasteiger partial charge is 0.489 e.